The van der Waals surface area contributed by atoms with E-state index in [0.29, 0.717) is 11.7 Å². The van der Waals surface area contributed by atoms with E-state index in [1.54, 1.807) is 6.92 Å². The number of piperidine rings is 1. The monoisotopic (exact) mass is 396 g/mol. The van der Waals surface area contributed by atoms with Crippen molar-refractivity contribution in [2.24, 2.45) is 0 Å². The summed E-state index contributed by atoms with van der Waals surface area (Å²) < 4.78 is 5.17. The molecule has 1 atom stereocenters. The van der Waals surface area contributed by atoms with Gasteiger partial charge < -0.3 is 24.7 Å². The van der Waals surface area contributed by atoms with E-state index in [2.05, 4.69) is 39.4 Å². The molecule has 2 N–H and O–H groups in total. The first-order valence-corrected chi connectivity index (χ1v) is 9.64. The molecular weight excluding hydrogens is 364 g/mol. The minimum absolute atomic E-state index is 0.0445. The summed E-state index contributed by atoms with van der Waals surface area (Å²) in [5.74, 6) is 1.03. The molecule has 28 heavy (non-hydrogen) atoms. The Morgan fingerprint density at radius 2 is 1.93 bits per heavy atom. The van der Waals surface area contributed by atoms with Gasteiger partial charge in [0.1, 0.15) is 6.04 Å². The Labute approximate surface area is 165 Å². The van der Waals surface area contributed by atoms with Crippen LogP contribution in [0, 0.1) is 6.92 Å². The van der Waals surface area contributed by atoms with Crippen LogP contribution < -0.4 is 5.32 Å². The second-order valence-electron chi connectivity index (χ2n) is 7.68. The van der Waals surface area contributed by atoms with E-state index in [1.165, 1.54) is 0 Å². The minimum Gasteiger partial charge on any atom is -0.483 e. The van der Waals surface area contributed by atoms with Crippen LogP contribution in [0.2, 0.25) is 0 Å². The quantitative estimate of drug-likeness (QED) is 0.710. The smallest absolute Gasteiger partial charge is 0.318 e. The first-order chi connectivity index (χ1) is 13.3. The molecule has 2 aliphatic heterocycles. The summed E-state index contributed by atoms with van der Waals surface area (Å²) in [6.45, 7) is 8.15. The molecule has 2 saturated heterocycles. The maximum atomic E-state index is 12.8. The number of hydrogen-bond donors (Lipinski definition) is 2. The van der Waals surface area contributed by atoms with Crippen molar-refractivity contribution in [2.45, 2.75) is 44.7 Å². The molecule has 2 aliphatic rings. The number of nitrogens with zero attached hydrogens (tertiary/aromatic N) is 5. The van der Waals surface area contributed by atoms with Gasteiger partial charge in [-0.25, -0.2) is 4.79 Å². The number of likely N-dealkylation sites (tertiary alicyclic amines) is 1. The Morgan fingerprint density at radius 1 is 1.29 bits per heavy atom. The van der Waals surface area contributed by atoms with Crippen LogP contribution in [0.1, 0.15) is 43.9 Å². The van der Waals surface area contributed by atoms with E-state index in [1.807, 2.05) is 11.8 Å². The van der Waals surface area contributed by atoms with Crippen LogP contribution in [0.3, 0.4) is 0 Å². The first-order valence-electron chi connectivity index (χ1n) is 9.64. The molecule has 0 radical (unpaired) electrons. The third-order valence-electron chi connectivity index (χ3n) is 5.68. The summed E-state index contributed by atoms with van der Waals surface area (Å²) in [7, 11) is 4.37. The molecular formula is C18H32N6O4. The molecule has 1 unspecified atom stereocenters. The van der Waals surface area contributed by atoms with Crippen LogP contribution in [0.5, 0.6) is 0 Å². The molecule has 3 heterocycles. The molecule has 0 aromatic carbocycles. The van der Waals surface area contributed by atoms with Crippen molar-refractivity contribution in [1.29, 1.82) is 0 Å². The summed E-state index contributed by atoms with van der Waals surface area (Å²) in [6.07, 6.45) is 3.19. The van der Waals surface area contributed by atoms with Gasteiger partial charge in [-0.1, -0.05) is 5.16 Å². The van der Waals surface area contributed by atoms with Gasteiger partial charge in [0.2, 0.25) is 5.89 Å². The maximum Gasteiger partial charge on any atom is 0.318 e. The third kappa shape index (κ3) is 5.41. The zero-order chi connectivity index (χ0) is 20.7. The van der Waals surface area contributed by atoms with Crippen molar-refractivity contribution >= 4 is 12.5 Å². The molecule has 0 bridgehead atoms. The lowest BCUT2D eigenvalue weighted by Gasteiger charge is -2.47. The van der Waals surface area contributed by atoms with Gasteiger partial charge in [0.05, 0.1) is 0 Å². The Balaban J connectivity index is 0.000000878. The normalized spacial score (nSPS) is 21.4. The molecule has 1 aromatic heterocycles. The lowest BCUT2D eigenvalue weighted by molar-refractivity contribution is -0.122. The largest absolute Gasteiger partial charge is 0.483 e. The van der Waals surface area contributed by atoms with Gasteiger partial charge in [-0.15, -0.1) is 0 Å². The third-order valence-corrected chi connectivity index (χ3v) is 5.68. The van der Waals surface area contributed by atoms with Gasteiger partial charge in [0.15, 0.2) is 5.82 Å². The van der Waals surface area contributed by atoms with Crippen molar-refractivity contribution in [3.63, 3.8) is 0 Å². The highest BCUT2D eigenvalue weighted by molar-refractivity contribution is 5.74. The predicted molar refractivity (Wildman–Crippen MR) is 103 cm³/mol. The number of amides is 2. The fraction of sp³-hybridized carbons (Fsp3) is 0.778. The van der Waals surface area contributed by atoms with Gasteiger partial charge in [0, 0.05) is 25.2 Å². The number of carbonyl (C=O) groups is 2. The zero-order valence-electron chi connectivity index (χ0n) is 17.2. The summed E-state index contributed by atoms with van der Waals surface area (Å²) in [6, 6.07) is -0.333. The minimum atomic E-state index is -0.289. The molecule has 1 spiro atoms. The molecule has 10 nitrogen and oxygen atoms in total. The van der Waals surface area contributed by atoms with Crippen LogP contribution >= 0.6 is 0 Å². The number of nitrogens with one attached hydrogen (secondary N) is 1. The molecule has 2 amide bonds. The highest BCUT2D eigenvalue weighted by Gasteiger charge is 2.41. The number of hydrogen-bond acceptors (Lipinski definition) is 7. The lowest BCUT2D eigenvalue weighted by Crippen LogP contribution is -2.59. The number of rotatable bonds is 2. The fourth-order valence-electron chi connectivity index (χ4n) is 3.87. The molecule has 1 aromatic rings. The van der Waals surface area contributed by atoms with Crippen molar-refractivity contribution < 1.29 is 19.2 Å². The summed E-state index contributed by atoms with van der Waals surface area (Å²) in [5, 5.41) is 13.7. The topological polar surface area (TPSA) is 115 Å². The number of likely N-dealkylation sites (N-methyl/N-ethyl adjacent to an activating group) is 1. The van der Waals surface area contributed by atoms with E-state index in [0.717, 1.165) is 52.0 Å². The van der Waals surface area contributed by atoms with E-state index in [9.17, 15) is 4.79 Å². The standard InChI is InChI=1S/C17H30N6O2.CH2O2/c1-13(15-19-14(2)20-25-15)18-16(24)23-9-5-8-22(4)17(12-23)6-10-21(3)11-7-17;2-1-3/h13H,5-12H2,1-4H3,(H,18,24);1H,(H,2,3). The van der Waals surface area contributed by atoms with Crippen LogP contribution in [0.4, 0.5) is 4.79 Å². The average Bonchev–Trinajstić information content (AvgIpc) is 3.02. The Hall–Kier alpha value is -2.20. The summed E-state index contributed by atoms with van der Waals surface area (Å²) in [5.41, 5.74) is 0.0880. The second-order valence-corrected chi connectivity index (χ2v) is 7.68. The predicted octanol–water partition coefficient (Wildman–Crippen LogP) is 0.951. The highest BCUT2D eigenvalue weighted by Crippen LogP contribution is 2.31. The van der Waals surface area contributed by atoms with E-state index < -0.39 is 0 Å². The van der Waals surface area contributed by atoms with Crippen molar-refractivity contribution in [1.82, 2.24) is 30.2 Å². The maximum absolute atomic E-state index is 12.8. The number of aryl methyl sites for hydroxylation is 1. The number of carboxylic acid groups (broad SMARTS) is 1. The number of urea groups is 1. The SMILES string of the molecule is Cc1noc(C(C)NC(=O)N2CCCN(C)C3(CCN(C)CC3)C2)n1.O=CO. The molecule has 10 heteroatoms. The lowest BCUT2D eigenvalue weighted by atomic mass is 9.85. The van der Waals surface area contributed by atoms with Crippen LogP contribution in [-0.2, 0) is 4.79 Å². The van der Waals surface area contributed by atoms with Crippen molar-refractivity contribution in [2.75, 3.05) is 46.8 Å². The van der Waals surface area contributed by atoms with Crippen molar-refractivity contribution in [3.05, 3.63) is 11.7 Å². The number of carbonyl (C=O) groups excluding carboxylic acids is 1. The Morgan fingerprint density at radius 3 is 2.50 bits per heavy atom. The summed E-state index contributed by atoms with van der Waals surface area (Å²) in [4.78, 5) is 32.2. The van der Waals surface area contributed by atoms with Gasteiger partial charge in [-0.3, -0.25) is 9.69 Å². The van der Waals surface area contributed by atoms with Gasteiger partial charge >= 0.3 is 6.03 Å². The second kappa shape index (κ2) is 9.83. The Kier molecular flexibility index (Phi) is 7.76. The molecule has 0 aliphatic carbocycles. The van der Waals surface area contributed by atoms with Crippen molar-refractivity contribution in [3.8, 4) is 0 Å². The van der Waals surface area contributed by atoms with Crippen LogP contribution in [0.15, 0.2) is 4.52 Å². The molecule has 0 saturated carbocycles. The molecule has 158 valence electrons. The van der Waals surface area contributed by atoms with Gasteiger partial charge in [0.25, 0.3) is 6.47 Å². The highest BCUT2D eigenvalue weighted by atomic mass is 16.5. The molecule has 2 fully saturated rings. The zero-order valence-corrected chi connectivity index (χ0v) is 17.2. The number of aromatic nitrogens is 2. The molecule has 3 rings (SSSR count). The summed E-state index contributed by atoms with van der Waals surface area (Å²) >= 11 is 0. The van der Waals surface area contributed by atoms with E-state index in [4.69, 9.17) is 14.4 Å². The van der Waals surface area contributed by atoms with Gasteiger partial charge in [-0.05, 0) is 60.3 Å². The van der Waals surface area contributed by atoms with Crippen LogP contribution in [-0.4, -0.2) is 94.8 Å². The van der Waals surface area contributed by atoms with Crippen LogP contribution in [0.25, 0.3) is 0 Å². The average molecular weight is 396 g/mol. The van der Waals surface area contributed by atoms with E-state index in [-0.39, 0.29) is 24.1 Å². The van der Waals surface area contributed by atoms with Gasteiger partial charge in [-0.2, -0.15) is 4.98 Å². The van der Waals surface area contributed by atoms with E-state index >= 15 is 0 Å². The first kappa shape index (κ1) is 22.1. The fourth-order valence-corrected chi connectivity index (χ4v) is 3.87. The Bertz CT molecular complexity index is 644.